The van der Waals surface area contributed by atoms with Gasteiger partial charge >= 0.3 is 0 Å². The van der Waals surface area contributed by atoms with Crippen molar-refractivity contribution in [1.29, 1.82) is 0 Å². The molecule has 5 nitrogen and oxygen atoms in total. The zero-order valence-electron chi connectivity index (χ0n) is 9.16. The Morgan fingerprint density at radius 3 is 2.43 bits per heavy atom. The van der Waals surface area contributed by atoms with E-state index in [4.69, 9.17) is 0 Å². The predicted molar refractivity (Wildman–Crippen MR) is 52.8 cm³/mol. The molecule has 0 aromatic rings. The molecule has 2 amide bonds. The third-order valence-corrected chi connectivity index (χ3v) is 1.52. The van der Waals surface area contributed by atoms with Crippen molar-refractivity contribution in [1.82, 2.24) is 10.2 Å². The van der Waals surface area contributed by atoms with E-state index in [1.54, 1.807) is 7.05 Å². The highest BCUT2D eigenvalue weighted by molar-refractivity contribution is 5.85. The number of methoxy groups -OCH3 is 1. The highest BCUT2D eigenvalue weighted by atomic mass is 16.5. The Bertz CT molecular complexity index is 204. The molecule has 0 radical (unpaired) electrons. The van der Waals surface area contributed by atoms with Crippen LogP contribution in [0.5, 0.6) is 0 Å². The summed E-state index contributed by atoms with van der Waals surface area (Å²) in [6, 6.07) is 0.0911. The topological polar surface area (TPSA) is 58.6 Å². The van der Waals surface area contributed by atoms with Crippen molar-refractivity contribution in [2.24, 2.45) is 0 Å². The minimum absolute atomic E-state index is 0.00542. The van der Waals surface area contributed by atoms with Gasteiger partial charge in [-0.15, -0.1) is 0 Å². The van der Waals surface area contributed by atoms with Crippen LogP contribution in [0.3, 0.4) is 0 Å². The minimum Gasteiger partial charge on any atom is -0.375 e. The lowest BCUT2D eigenvalue weighted by atomic mass is 10.4. The second-order valence-electron chi connectivity index (χ2n) is 3.41. The molecule has 0 spiro atoms. The zero-order chi connectivity index (χ0) is 11.1. The van der Waals surface area contributed by atoms with Gasteiger partial charge in [0.25, 0.3) is 0 Å². The standard InChI is InChI=1S/C9H18N2O3/c1-7(2)10-8(12)5-11(3)9(13)6-14-4/h7H,5-6H2,1-4H3,(H,10,12). The van der Waals surface area contributed by atoms with Gasteiger partial charge in [0, 0.05) is 20.2 Å². The molecule has 14 heavy (non-hydrogen) atoms. The fourth-order valence-electron chi connectivity index (χ4n) is 0.905. The lowest BCUT2D eigenvalue weighted by molar-refractivity contribution is -0.137. The van der Waals surface area contributed by atoms with Gasteiger partial charge < -0.3 is 15.0 Å². The summed E-state index contributed by atoms with van der Waals surface area (Å²) < 4.78 is 4.66. The van der Waals surface area contributed by atoms with Gasteiger partial charge in [0.15, 0.2) is 0 Å². The second-order valence-corrected chi connectivity index (χ2v) is 3.41. The Labute approximate surface area is 84.4 Å². The second kappa shape index (κ2) is 6.37. The molecule has 0 fully saturated rings. The molecule has 0 aliphatic carbocycles. The van der Waals surface area contributed by atoms with Gasteiger partial charge in [-0.2, -0.15) is 0 Å². The van der Waals surface area contributed by atoms with E-state index in [9.17, 15) is 9.59 Å². The maximum Gasteiger partial charge on any atom is 0.248 e. The van der Waals surface area contributed by atoms with Crippen LogP contribution < -0.4 is 5.32 Å². The molecule has 0 rings (SSSR count). The monoisotopic (exact) mass is 202 g/mol. The van der Waals surface area contributed by atoms with Crippen molar-refractivity contribution in [3.8, 4) is 0 Å². The average molecular weight is 202 g/mol. The van der Waals surface area contributed by atoms with Crippen LogP contribution >= 0.6 is 0 Å². The SMILES string of the molecule is COCC(=O)N(C)CC(=O)NC(C)C. The molecule has 82 valence electrons. The molecule has 1 N–H and O–H groups in total. The van der Waals surface area contributed by atoms with E-state index in [1.165, 1.54) is 12.0 Å². The van der Waals surface area contributed by atoms with Crippen LogP contribution in [0.2, 0.25) is 0 Å². The Hall–Kier alpha value is -1.10. The molecular formula is C9H18N2O3. The maximum atomic E-state index is 11.2. The van der Waals surface area contributed by atoms with Gasteiger partial charge in [-0.25, -0.2) is 0 Å². The van der Waals surface area contributed by atoms with E-state index in [2.05, 4.69) is 10.1 Å². The summed E-state index contributed by atoms with van der Waals surface area (Å²) in [4.78, 5) is 23.7. The van der Waals surface area contributed by atoms with Crippen molar-refractivity contribution < 1.29 is 14.3 Å². The molecule has 0 aromatic carbocycles. The zero-order valence-corrected chi connectivity index (χ0v) is 9.16. The van der Waals surface area contributed by atoms with Crippen molar-refractivity contribution in [3.05, 3.63) is 0 Å². The maximum absolute atomic E-state index is 11.2. The van der Waals surface area contributed by atoms with Crippen molar-refractivity contribution in [2.45, 2.75) is 19.9 Å². The van der Waals surface area contributed by atoms with E-state index in [0.29, 0.717) is 0 Å². The molecule has 0 aromatic heterocycles. The van der Waals surface area contributed by atoms with Gasteiger partial charge in [0.2, 0.25) is 11.8 Å². The first-order chi connectivity index (χ1) is 6.47. The molecular weight excluding hydrogens is 184 g/mol. The van der Waals surface area contributed by atoms with Crippen LogP contribution in [0, 0.1) is 0 Å². The van der Waals surface area contributed by atoms with E-state index < -0.39 is 0 Å². The summed E-state index contributed by atoms with van der Waals surface area (Å²) in [6.07, 6.45) is 0. The van der Waals surface area contributed by atoms with Gasteiger partial charge in [0.1, 0.15) is 6.61 Å². The number of nitrogens with one attached hydrogen (secondary N) is 1. The number of carbonyl (C=O) groups excluding carboxylic acids is 2. The molecule has 5 heteroatoms. The largest absolute Gasteiger partial charge is 0.375 e. The molecule has 0 bridgehead atoms. The Morgan fingerprint density at radius 2 is 2.00 bits per heavy atom. The van der Waals surface area contributed by atoms with Crippen LogP contribution in [0.4, 0.5) is 0 Å². The Kier molecular flexibility index (Phi) is 5.87. The normalized spacial score (nSPS) is 10.1. The van der Waals surface area contributed by atoms with Crippen LogP contribution in [0.1, 0.15) is 13.8 Å². The summed E-state index contributed by atoms with van der Waals surface area (Å²) in [6.45, 7) is 3.82. The van der Waals surface area contributed by atoms with Gasteiger partial charge in [0.05, 0.1) is 6.54 Å². The molecule has 0 saturated heterocycles. The average Bonchev–Trinajstić information content (AvgIpc) is 2.02. The fourth-order valence-corrected chi connectivity index (χ4v) is 0.905. The van der Waals surface area contributed by atoms with Gasteiger partial charge in [-0.3, -0.25) is 9.59 Å². The van der Waals surface area contributed by atoms with Crippen molar-refractivity contribution >= 4 is 11.8 Å². The number of likely N-dealkylation sites (N-methyl/N-ethyl adjacent to an activating group) is 1. The van der Waals surface area contributed by atoms with E-state index in [-0.39, 0.29) is 31.0 Å². The number of nitrogens with zero attached hydrogens (tertiary/aromatic N) is 1. The van der Waals surface area contributed by atoms with Crippen LogP contribution in [-0.4, -0.2) is 50.1 Å². The molecule has 0 aliphatic rings. The molecule has 0 unspecified atom stereocenters. The van der Waals surface area contributed by atoms with Crippen molar-refractivity contribution in [3.63, 3.8) is 0 Å². The highest BCUT2D eigenvalue weighted by Gasteiger charge is 2.12. The third-order valence-electron chi connectivity index (χ3n) is 1.52. The van der Waals surface area contributed by atoms with Crippen LogP contribution in [-0.2, 0) is 14.3 Å². The quantitative estimate of drug-likeness (QED) is 0.661. The number of hydrogen-bond donors (Lipinski definition) is 1. The summed E-state index contributed by atoms with van der Waals surface area (Å²) in [5.41, 5.74) is 0. The lowest BCUT2D eigenvalue weighted by Gasteiger charge is -2.17. The molecule has 0 atom stereocenters. The number of carbonyl (C=O) groups is 2. The van der Waals surface area contributed by atoms with Gasteiger partial charge in [-0.1, -0.05) is 0 Å². The van der Waals surface area contributed by atoms with E-state index >= 15 is 0 Å². The number of amides is 2. The predicted octanol–water partition coefficient (Wildman–Crippen LogP) is -0.384. The van der Waals surface area contributed by atoms with Gasteiger partial charge in [-0.05, 0) is 13.8 Å². The first kappa shape index (κ1) is 12.9. The number of ether oxygens (including phenoxy) is 1. The Morgan fingerprint density at radius 1 is 1.43 bits per heavy atom. The minimum atomic E-state index is -0.202. The molecule has 0 heterocycles. The van der Waals surface area contributed by atoms with E-state index in [0.717, 1.165) is 0 Å². The number of rotatable bonds is 5. The fraction of sp³-hybridized carbons (Fsp3) is 0.778. The van der Waals surface area contributed by atoms with Crippen molar-refractivity contribution in [2.75, 3.05) is 27.3 Å². The van der Waals surface area contributed by atoms with Crippen LogP contribution in [0.15, 0.2) is 0 Å². The lowest BCUT2D eigenvalue weighted by Crippen LogP contribution is -2.41. The summed E-state index contributed by atoms with van der Waals surface area (Å²) >= 11 is 0. The summed E-state index contributed by atoms with van der Waals surface area (Å²) in [5, 5.41) is 2.70. The Balaban J connectivity index is 3.87. The number of hydrogen-bond acceptors (Lipinski definition) is 3. The highest BCUT2D eigenvalue weighted by Crippen LogP contribution is 1.86. The smallest absolute Gasteiger partial charge is 0.248 e. The third kappa shape index (κ3) is 5.53. The first-order valence-electron chi connectivity index (χ1n) is 4.49. The van der Waals surface area contributed by atoms with E-state index in [1.807, 2.05) is 13.8 Å². The summed E-state index contributed by atoms with van der Waals surface area (Å²) in [5.74, 6) is -0.363. The summed E-state index contributed by atoms with van der Waals surface area (Å²) in [7, 11) is 3.02. The molecule has 0 aliphatic heterocycles. The molecule has 0 saturated carbocycles. The van der Waals surface area contributed by atoms with Crippen LogP contribution in [0.25, 0.3) is 0 Å². The first-order valence-corrected chi connectivity index (χ1v) is 4.49.